The van der Waals surface area contributed by atoms with Crippen molar-refractivity contribution in [2.24, 2.45) is 0 Å². The molecule has 1 aliphatic rings. The summed E-state index contributed by atoms with van der Waals surface area (Å²) in [6.45, 7) is 3.64. The van der Waals surface area contributed by atoms with Crippen molar-refractivity contribution < 1.29 is 8.42 Å². The van der Waals surface area contributed by atoms with Gasteiger partial charge in [0.1, 0.15) is 0 Å². The highest BCUT2D eigenvalue weighted by molar-refractivity contribution is 7.89. The number of hydrogen-bond donors (Lipinski definition) is 1. The second-order valence-corrected chi connectivity index (χ2v) is 8.36. The molecule has 1 aromatic carbocycles. The topological polar surface area (TPSA) is 65.5 Å². The molecule has 2 aromatic rings. The largest absolute Gasteiger partial charge is 0.377 e. The SMILES string of the molecule is Cc1ccc(S(=O)(=O)N2CCNCC2c2cccnc2)cc1N(C)C. The molecule has 0 spiro atoms. The number of hydrogen-bond acceptors (Lipinski definition) is 5. The van der Waals surface area contributed by atoms with Gasteiger partial charge in [-0.15, -0.1) is 0 Å². The maximum absolute atomic E-state index is 13.3. The molecular weight excluding hydrogens is 336 g/mol. The zero-order valence-electron chi connectivity index (χ0n) is 14.8. The van der Waals surface area contributed by atoms with Crippen LogP contribution < -0.4 is 10.2 Å². The van der Waals surface area contributed by atoms with E-state index in [1.165, 1.54) is 0 Å². The lowest BCUT2D eigenvalue weighted by Crippen LogP contribution is -2.48. The van der Waals surface area contributed by atoms with Gasteiger partial charge in [0.05, 0.1) is 10.9 Å². The predicted molar refractivity (Wildman–Crippen MR) is 99.2 cm³/mol. The zero-order chi connectivity index (χ0) is 18.0. The normalized spacial score (nSPS) is 18.9. The van der Waals surface area contributed by atoms with E-state index in [4.69, 9.17) is 0 Å². The summed E-state index contributed by atoms with van der Waals surface area (Å²) in [5, 5.41) is 3.28. The van der Waals surface area contributed by atoms with Gasteiger partial charge in [-0.1, -0.05) is 12.1 Å². The van der Waals surface area contributed by atoms with Crippen molar-refractivity contribution in [1.82, 2.24) is 14.6 Å². The molecule has 1 atom stereocenters. The number of pyridine rings is 1. The van der Waals surface area contributed by atoms with Crippen LogP contribution in [-0.4, -0.2) is 51.4 Å². The number of anilines is 1. The van der Waals surface area contributed by atoms with Crippen molar-refractivity contribution in [2.45, 2.75) is 17.9 Å². The minimum absolute atomic E-state index is 0.253. The van der Waals surface area contributed by atoms with Crippen LogP contribution in [0.1, 0.15) is 17.2 Å². The van der Waals surface area contributed by atoms with Crippen molar-refractivity contribution in [3.8, 4) is 0 Å². The molecule has 1 fully saturated rings. The molecule has 1 N–H and O–H groups in total. The predicted octanol–water partition coefficient (Wildman–Crippen LogP) is 1.79. The minimum atomic E-state index is -3.59. The first-order valence-electron chi connectivity index (χ1n) is 8.31. The third kappa shape index (κ3) is 3.53. The fraction of sp³-hybridized carbons (Fsp3) is 0.389. The molecule has 1 unspecified atom stereocenters. The van der Waals surface area contributed by atoms with Crippen molar-refractivity contribution in [3.63, 3.8) is 0 Å². The molecule has 134 valence electrons. The average molecular weight is 360 g/mol. The Morgan fingerprint density at radius 2 is 2.08 bits per heavy atom. The zero-order valence-corrected chi connectivity index (χ0v) is 15.6. The van der Waals surface area contributed by atoms with Gasteiger partial charge in [0, 0.05) is 51.8 Å². The fourth-order valence-electron chi connectivity index (χ4n) is 3.20. The van der Waals surface area contributed by atoms with E-state index in [9.17, 15) is 8.42 Å². The fourth-order valence-corrected chi connectivity index (χ4v) is 4.83. The molecule has 1 aromatic heterocycles. The smallest absolute Gasteiger partial charge is 0.243 e. The molecule has 0 aliphatic carbocycles. The van der Waals surface area contributed by atoms with Crippen molar-refractivity contribution in [1.29, 1.82) is 0 Å². The van der Waals surface area contributed by atoms with Gasteiger partial charge in [-0.05, 0) is 36.2 Å². The Balaban J connectivity index is 2.01. The summed E-state index contributed by atoms with van der Waals surface area (Å²) >= 11 is 0. The summed E-state index contributed by atoms with van der Waals surface area (Å²) in [4.78, 5) is 6.41. The third-order valence-corrected chi connectivity index (χ3v) is 6.44. The first-order valence-corrected chi connectivity index (χ1v) is 9.76. The summed E-state index contributed by atoms with van der Waals surface area (Å²) in [7, 11) is 0.244. The molecule has 0 bridgehead atoms. The highest BCUT2D eigenvalue weighted by Crippen LogP contribution is 2.30. The van der Waals surface area contributed by atoms with Crippen LogP contribution in [0.3, 0.4) is 0 Å². The van der Waals surface area contributed by atoms with Crippen LogP contribution in [0.2, 0.25) is 0 Å². The lowest BCUT2D eigenvalue weighted by molar-refractivity contribution is 0.271. The van der Waals surface area contributed by atoms with E-state index in [0.29, 0.717) is 24.5 Å². The van der Waals surface area contributed by atoms with Gasteiger partial charge in [0.15, 0.2) is 0 Å². The second-order valence-electron chi connectivity index (χ2n) is 6.46. The standard InChI is InChI=1S/C18H24N4O2S/c1-14-6-7-16(11-17(14)21(2)3)25(23,24)22-10-9-20-13-18(22)15-5-4-8-19-12-15/h4-8,11-12,18,20H,9-10,13H2,1-3H3. The van der Waals surface area contributed by atoms with Gasteiger partial charge < -0.3 is 10.2 Å². The van der Waals surface area contributed by atoms with Crippen LogP contribution in [0.5, 0.6) is 0 Å². The molecule has 25 heavy (non-hydrogen) atoms. The van der Waals surface area contributed by atoms with Gasteiger partial charge in [-0.25, -0.2) is 8.42 Å². The van der Waals surface area contributed by atoms with E-state index in [0.717, 1.165) is 16.8 Å². The van der Waals surface area contributed by atoms with Gasteiger partial charge in [-0.2, -0.15) is 4.31 Å². The van der Waals surface area contributed by atoms with Crippen LogP contribution in [0.4, 0.5) is 5.69 Å². The Morgan fingerprint density at radius 1 is 1.28 bits per heavy atom. The number of nitrogens with zero attached hydrogens (tertiary/aromatic N) is 3. The highest BCUT2D eigenvalue weighted by Gasteiger charge is 2.34. The maximum atomic E-state index is 13.3. The molecule has 1 saturated heterocycles. The highest BCUT2D eigenvalue weighted by atomic mass is 32.2. The summed E-state index contributed by atoms with van der Waals surface area (Å²) < 4.78 is 28.2. The van der Waals surface area contributed by atoms with Crippen LogP contribution >= 0.6 is 0 Å². The second kappa shape index (κ2) is 7.11. The number of nitrogens with one attached hydrogen (secondary N) is 1. The Kier molecular flexibility index (Phi) is 5.08. The number of sulfonamides is 1. The van der Waals surface area contributed by atoms with Crippen molar-refractivity contribution in [2.75, 3.05) is 38.6 Å². The molecule has 0 amide bonds. The van der Waals surface area contributed by atoms with E-state index in [1.54, 1.807) is 28.8 Å². The average Bonchev–Trinajstić information content (AvgIpc) is 2.62. The molecule has 1 aliphatic heterocycles. The summed E-state index contributed by atoms with van der Waals surface area (Å²) in [6.07, 6.45) is 3.43. The maximum Gasteiger partial charge on any atom is 0.243 e. The molecule has 0 saturated carbocycles. The Morgan fingerprint density at radius 3 is 2.76 bits per heavy atom. The summed E-state index contributed by atoms with van der Waals surface area (Å²) in [5.74, 6) is 0. The van der Waals surface area contributed by atoms with Crippen LogP contribution in [0, 0.1) is 6.92 Å². The number of aryl methyl sites for hydroxylation is 1. The number of piperazine rings is 1. The first-order chi connectivity index (χ1) is 11.9. The molecule has 2 heterocycles. The Hall–Kier alpha value is -1.96. The van der Waals surface area contributed by atoms with Crippen molar-refractivity contribution >= 4 is 15.7 Å². The Bertz CT molecular complexity index is 837. The van der Waals surface area contributed by atoms with Gasteiger partial charge in [0.25, 0.3) is 0 Å². The van der Waals surface area contributed by atoms with Gasteiger partial charge in [-0.3, -0.25) is 4.98 Å². The summed E-state index contributed by atoms with van der Waals surface area (Å²) in [6, 6.07) is 8.83. The van der Waals surface area contributed by atoms with E-state index < -0.39 is 10.0 Å². The van der Waals surface area contributed by atoms with Gasteiger partial charge in [0.2, 0.25) is 10.0 Å². The molecule has 7 heteroatoms. The van der Waals surface area contributed by atoms with E-state index >= 15 is 0 Å². The minimum Gasteiger partial charge on any atom is -0.377 e. The molecule has 0 radical (unpaired) electrons. The van der Waals surface area contributed by atoms with E-state index in [2.05, 4.69) is 10.3 Å². The summed E-state index contributed by atoms with van der Waals surface area (Å²) in [5.41, 5.74) is 2.86. The number of rotatable bonds is 4. The van der Waals surface area contributed by atoms with Crippen molar-refractivity contribution in [3.05, 3.63) is 53.9 Å². The lowest BCUT2D eigenvalue weighted by Gasteiger charge is -2.35. The van der Waals surface area contributed by atoms with Crippen LogP contribution in [0.15, 0.2) is 47.6 Å². The van der Waals surface area contributed by atoms with E-state index in [-0.39, 0.29) is 6.04 Å². The quantitative estimate of drug-likeness (QED) is 0.901. The van der Waals surface area contributed by atoms with Crippen LogP contribution in [-0.2, 0) is 10.0 Å². The van der Waals surface area contributed by atoms with E-state index in [1.807, 2.05) is 44.1 Å². The monoisotopic (exact) mass is 360 g/mol. The molecular formula is C18H24N4O2S. The van der Waals surface area contributed by atoms with Crippen LogP contribution in [0.25, 0.3) is 0 Å². The first kappa shape index (κ1) is 17.8. The number of benzene rings is 1. The molecule has 6 nitrogen and oxygen atoms in total. The Labute approximate surface area is 149 Å². The third-order valence-electron chi connectivity index (χ3n) is 4.53. The molecule has 3 rings (SSSR count). The lowest BCUT2D eigenvalue weighted by atomic mass is 10.1. The van der Waals surface area contributed by atoms with Gasteiger partial charge >= 0.3 is 0 Å². The number of aromatic nitrogens is 1.